The van der Waals surface area contributed by atoms with Crippen molar-refractivity contribution in [1.29, 1.82) is 0 Å². The number of carbonyl (C=O) groups is 1. The number of morpholine rings is 1. The van der Waals surface area contributed by atoms with E-state index >= 15 is 0 Å². The standard InChI is InChI=1S/C16H21BrN2O4/c1-10-8-18(9-11(2)22-10)16(20)13-6-14-12(7-15(17)23-14)19(13)4-5-21-3/h6-7,10-11H,4-5,8-9H2,1-3H3. The second-order valence-electron chi connectivity index (χ2n) is 5.94. The van der Waals surface area contributed by atoms with Crippen molar-refractivity contribution in [3.63, 3.8) is 0 Å². The van der Waals surface area contributed by atoms with E-state index in [4.69, 9.17) is 13.9 Å². The Morgan fingerprint density at radius 1 is 1.35 bits per heavy atom. The Morgan fingerprint density at radius 2 is 2.04 bits per heavy atom. The largest absolute Gasteiger partial charge is 0.448 e. The van der Waals surface area contributed by atoms with Gasteiger partial charge in [-0.25, -0.2) is 0 Å². The van der Waals surface area contributed by atoms with Crippen LogP contribution in [0.15, 0.2) is 21.2 Å². The number of methoxy groups -OCH3 is 1. The van der Waals surface area contributed by atoms with Crippen LogP contribution in [0.25, 0.3) is 11.1 Å². The summed E-state index contributed by atoms with van der Waals surface area (Å²) in [4.78, 5) is 14.8. The molecule has 2 aromatic rings. The van der Waals surface area contributed by atoms with Crippen LogP contribution in [0.2, 0.25) is 0 Å². The zero-order valence-corrected chi connectivity index (χ0v) is 15.1. The fourth-order valence-corrected chi connectivity index (χ4v) is 3.51. The zero-order valence-electron chi connectivity index (χ0n) is 13.5. The predicted molar refractivity (Wildman–Crippen MR) is 89.7 cm³/mol. The third-order valence-electron chi connectivity index (χ3n) is 4.00. The molecule has 2 aromatic heterocycles. The molecule has 7 heteroatoms. The fourth-order valence-electron chi connectivity index (χ4n) is 3.12. The van der Waals surface area contributed by atoms with Gasteiger partial charge in [0, 0.05) is 38.9 Å². The van der Waals surface area contributed by atoms with Crippen LogP contribution >= 0.6 is 15.9 Å². The number of fused-ring (bicyclic) bond motifs is 1. The van der Waals surface area contributed by atoms with Crippen molar-refractivity contribution in [2.24, 2.45) is 0 Å². The molecule has 1 aliphatic rings. The maximum Gasteiger partial charge on any atom is 0.270 e. The molecule has 1 fully saturated rings. The van der Waals surface area contributed by atoms with Gasteiger partial charge < -0.3 is 23.4 Å². The maximum atomic E-state index is 13.0. The molecule has 2 atom stereocenters. The third kappa shape index (κ3) is 3.32. The highest BCUT2D eigenvalue weighted by Gasteiger charge is 2.29. The van der Waals surface area contributed by atoms with Crippen molar-refractivity contribution >= 4 is 32.9 Å². The summed E-state index contributed by atoms with van der Waals surface area (Å²) < 4.78 is 19.1. The van der Waals surface area contributed by atoms with E-state index in [1.165, 1.54) is 0 Å². The number of hydrogen-bond acceptors (Lipinski definition) is 4. The molecule has 126 valence electrons. The first-order valence-corrected chi connectivity index (χ1v) is 8.51. The van der Waals surface area contributed by atoms with Crippen LogP contribution in [0.5, 0.6) is 0 Å². The van der Waals surface area contributed by atoms with Gasteiger partial charge in [0.15, 0.2) is 10.3 Å². The summed E-state index contributed by atoms with van der Waals surface area (Å²) in [6.07, 6.45) is 0.0875. The van der Waals surface area contributed by atoms with Gasteiger partial charge in [-0.2, -0.15) is 0 Å². The highest BCUT2D eigenvalue weighted by Crippen LogP contribution is 2.28. The molecule has 1 saturated heterocycles. The van der Waals surface area contributed by atoms with Gasteiger partial charge in [0.25, 0.3) is 5.91 Å². The van der Waals surface area contributed by atoms with E-state index in [0.29, 0.717) is 42.2 Å². The van der Waals surface area contributed by atoms with Crippen LogP contribution < -0.4 is 0 Å². The SMILES string of the molecule is COCCn1c(C(=O)N2CC(C)OC(C)C2)cc2oc(Br)cc21. The molecule has 0 spiro atoms. The first-order valence-electron chi connectivity index (χ1n) is 7.72. The normalized spacial score (nSPS) is 22.0. The minimum Gasteiger partial charge on any atom is -0.448 e. The van der Waals surface area contributed by atoms with E-state index in [2.05, 4.69) is 15.9 Å². The fraction of sp³-hybridized carbons (Fsp3) is 0.562. The zero-order chi connectivity index (χ0) is 16.6. The first kappa shape index (κ1) is 16.5. The minimum absolute atomic E-state index is 0.00521. The lowest BCUT2D eigenvalue weighted by molar-refractivity contribution is -0.0588. The number of ether oxygens (including phenoxy) is 2. The molecule has 2 unspecified atom stereocenters. The van der Waals surface area contributed by atoms with Gasteiger partial charge in [-0.1, -0.05) is 0 Å². The number of carbonyl (C=O) groups excluding carboxylic acids is 1. The van der Waals surface area contributed by atoms with Gasteiger partial charge in [-0.3, -0.25) is 4.79 Å². The molecule has 1 aliphatic heterocycles. The Morgan fingerprint density at radius 3 is 2.70 bits per heavy atom. The molecule has 3 rings (SSSR count). The lowest BCUT2D eigenvalue weighted by Gasteiger charge is -2.35. The Labute approximate surface area is 143 Å². The maximum absolute atomic E-state index is 13.0. The summed E-state index contributed by atoms with van der Waals surface area (Å²) in [5, 5.41) is 0. The average Bonchev–Trinajstić information content (AvgIpc) is 2.99. The van der Waals surface area contributed by atoms with Crippen molar-refractivity contribution in [1.82, 2.24) is 9.47 Å². The summed E-state index contributed by atoms with van der Waals surface area (Å²) in [5.41, 5.74) is 2.22. The lowest BCUT2D eigenvalue weighted by atomic mass is 10.2. The molecular weight excluding hydrogens is 364 g/mol. The Kier molecular flexibility index (Phi) is 4.79. The van der Waals surface area contributed by atoms with E-state index in [1.54, 1.807) is 7.11 Å². The summed E-state index contributed by atoms with van der Waals surface area (Å²) in [6.45, 7) is 6.31. The van der Waals surface area contributed by atoms with Crippen LogP contribution in [0.1, 0.15) is 24.3 Å². The van der Waals surface area contributed by atoms with Gasteiger partial charge in [-0.05, 0) is 29.8 Å². The highest BCUT2D eigenvalue weighted by atomic mass is 79.9. The second kappa shape index (κ2) is 6.67. The molecule has 0 radical (unpaired) electrons. The number of furan rings is 1. The number of amides is 1. The molecule has 23 heavy (non-hydrogen) atoms. The smallest absolute Gasteiger partial charge is 0.270 e. The first-order chi connectivity index (χ1) is 11.0. The van der Waals surface area contributed by atoms with E-state index in [0.717, 1.165) is 5.52 Å². The minimum atomic E-state index is 0.00521. The number of nitrogens with zero attached hydrogens (tertiary/aromatic N) is 2. The third-order valence-corrected chi connectivity index (χ3v) is 4.40. The van der Waals surface area contributed by atoms with Gasteiger partial charge >= 0.3 is 0 Å². The van der Waals surface area contributed by atoms with E-state index in [-0.39, 0.29) is 18.1 Å². The highest BCUT2D eigenvalue weighted by molar-refractivity contribution is 9.10. The number of hydrogen-bond donors (Lipinski definition) is 0. The van der Waals surface area contributed by atoms with Gasteiger partial charge in [0.05, 0.1) is 24.3 Å². The monoisotopic (exact) mass is 384 g/mol. The van der Waals surface area contributed by atoms with Gasteiger partial charge in [-0.15, -0.1) is 0 Å². The van der Waals surface area contributed by atoms with Crippen LogP contribution in [-0.2, 0) is 16.0 Å². The van der Waals surface area contributed by atoms with Crippen LogP contribution in [0.4, 0.5) is 0 Å². The van der Waals surface area contributed by atoms with E-state index in [1.807, 2.05) is 35.4 Å². The Hall–Kier alpha value is -1.31. The van der Waals surface area contributed by atoms with Crippen molar-refractivity contribution in [2.75, 3.05) is 26.8 Å². The molecule has 6 nitrogen and oxygen atoms in total. The molecule has 0 N–H and O–H groups in total. The summed E-state index contributed by atoms with van der Waals surface area (Å²) in [6, 6.07) is 3.69. The molecule has 0 saturated carbocycles. The quantitative estimate of drug-likeness (QED) is 0.812. The predicted octanol–water partition coefficient (Wildman–Crippen LogP) is 2.89. The van der Waals surface area contributed by atoms with Crippen molar-refractivity contribution in [2.45, 2.75) is 32.6 Å². The number of aromatic nitrogens is 1. The van der Waals surface area contributed by atoms with Gasteiger partial charge in [0.1, 0.15) is 5.69 Å². The summed E-state index contributed by atoms with van der Waals surface area (Å²) in [5.74, 6) is 0.00521. The van der Waals surface area contributed by atoms with Gasteiger partial charge in [0.2, 0.25) is 0 Å². The van der Waals surface area contributed by atoms with E-state index < -0.39 is 0 Å². The van der Waals surface area contributed by atoms with Crippen molar-refractivity contribution in [3.05, 3.63) is 22.5 Å². The lowest BCUT2D eigenvalue weighted by Crippen LogP contribution is -2.48. The van der Waals surface area contributed by atoms with Crippen LogP contribution in [0.3, 0.4) is 0 Å². The Balaban J connectivity index is 1.94. The Bertz CT molecular complexity index is 698. The summed E-state index contributed by atoms with van der Waals surface area (Å²) >= 11 is 3.34. The number of halogens is 1. The van der Waals surface area contributed by atoms with Crippen LogP contribution in [0, 0.1) is 0 Å². The average molecular weight is 385 g/mol. The van der Waals surface area contributed by atoms with E-state index in [9.17, 15) is 4.79 Å². The van der Waals surface area contributed by atoms with Crippen molar-refractivity contribution in [3.8, 4) is 0 Å². The second-order valence-corrected chi connectivity index (χ2v) is 6.72. The molecule has 1 amide bonds. The number of rotatable bonds is 4. The molecule has 3 heterocycles. The molecule has 0 bridgehead atoms. The van der Waals surface area contributed by atoms with Crippen molar-refractivity contribution < 1.29 is 18.7 Å². The molecule has 0 aliphatic carbocycles. The van der Waals surface area contributed by atoms with Crippen LogP contribution in [-0.4, -0.2) is 54.4 Å². The topological polar surface area (TPSA) is 56.8 Å². The molecular formula is C16H21BrN2O4. The summed E-state index contributed by atoms with van der Waals surface area (Å²) in [7, 11) is 1.65. The molecule has 0 aromatic carbocycles.